The first-order chi connectivity index (χ1) is 20.5. The number of ether oxygens (including phenoxy) is 1. The number of aliphatic imine (C=N–C) groups is 1. The van der Waals surface area contributed by atoms with E-state index in [1.165, 1.54) is 66.3 Å². The highest BCUT2D eigenvalue weighted by Gasteiger charge is 2.25. The Hall–Kier alpha value is -2.42. The lowest BCUT2D eigenvalue weighted by Crippen LogP contribution is -2.47. The second kappa shape index (κ2) is 15.9. The molecule has 226 valence electrons. The molecule has 3 aliphatic rings. The Bertz CT molecular complexity index is 1280. The molecule has 0 spiro atoms. The molecular weight excluding hydrogens is 562 g/mol. The molecule has 3 aromatic rings. The second-order valence-corrected chi connectivity index (χ2v) is 13.3. The van der Waals surface area contributed by atoms with Crippen LogP contribution in [0, 0.1) is 6.92 Å². The highest BCUT2D eigenvalue weighted by atomic mass is 35.5. The van der Waals surface area contributed by atoms with Gasteiger partial charge >= 0.3 is 0 Å². The average molecular weight is 608 g/mol. The standard InChI is InChI=1S/C17H26ClNO.C17H20N4S/c18-17-9-7-16(8-10-17)6-4-14-20-15-5-13-19-11-2-1-3-12-19;1-12-11-13-16(21-9-7-20(2)8-10-21)18-14-5-3-4-6-15(14)19-17(13)22-12/h7-10H,1-6,11-15H2;3-6,11,19H,7-10H2,1-2H3. The van der Waals surface area contributed by atoms with Gasteiger partial charge in [-0.15, -0.1) is 11.3 Å². The fraction of sp³-hybridized carbons (Fsp3) is 0.500. The molecule has 2 fully saturated rings. The van der Waals surface area contributed by atoms with Gasteiger partial charge in [0.05, 0.1) is 16.9 Å². The van der Waals surface area contributed by atoms with E-state index in [0.29, 0.717) is 0 Å². The van der Waals surface area contributed by atoms with E-state index in [2.05, 4.69) is 76.5 Å². The van der Waals surface area contributed by atoms with E-state index < -0.39 is 0 Å². The number of fused-ring (bicyclic) bond motifs is 2. The van der Waals surface area contributed by atoms with Gasteiger partial charge in [-0.05, 0) is 95.1 Å². The number of hydrogen-bond acceptors (Lipinski definition) is 7. The van der Waals surface area contributed by atoms with Gasteiger partial charge in [-0.1, -0.05) is 42.3 Å². The lowest BCUT2D eigenvalue weighted by Gasteiger charge is -2.34. The van der Waals surface area contributed by atoms with Crippen LogP contribution in [0.5, 0.6) is 0 Å². The van der Waals surface area contributed by atoms with Crippen molar-refractivity contribution < 1.29 is 4.74 Å². The maximum Gasteiger partial charge on any atom is 0.139 e. The molecule has 0 aliphatic carbocycles. The molecule has 3 aliphatic heterocycles. The van der Waals surface area contributed by atoms with Crippen molar-refractivity contribution in [3.63, 3.8) is 0 Å². The van der Waals surface area contributed by atoms with Crippen LogP contribution in [0.15, 0.2) is 59.6 Å². The zero-order valence-electron chi connectivity index (χ0n) is 25.3. The van der Waals surface area contributed by atoms with Gasteiger partial charge in [-0.2, -0.15) is 0 Å². The number of likely N-dealkylation sites (tertiary alicyclic amines) is 1. The van der Waals surface area contributed by atoms with Gasteiger partial charge in [0.15, 0.2) is 0 Å². The van der Waals surface area contributed by atoms with Crippen LogP contribution in [0.25, 0.3) is 0 Å². The molecule has 8 heteroatoms. The Kier molecular flexibility index (Phi) is 11.7. The molecule has 6 rings (SSSR count). The summed E-state index contributed by atoms with van der Waals surface area (Å²) >= 11 is 7.67. The first-order valence-electron chi connectivity index (χ1n) is 15.6. The van der Waals surface area contributed by atoms with Gasteiger partial charge in [0.25, 0.3) is 0 Å². The van der Waals surface area contributed by atoms with Crippen LogP contribution in [0.2, 0.25) is 5.02 Å². The molecule has 2 saturated heterocycles. The number of halogens is 1. The predicted molar refractivity (Wildman–Crippen MR) is 180 cm³/mol. The van der Waals surface area contributed by atoms with Gasteiger partial charge < -0.3 is 24.8 Å². The molecule has 6 nitrogen and oxygen atoms in total. The van der Waals surface area contributed by atoms with E-state index in [0.717, 1.165) is 74.5 Å². The van der Waals surface area contributed by atoms with Gasteiger partial charge in [0, 0.05) is 55.8 Å². The number of aryl methyl sites for hydroxylation is 2. The van der Waals surface area contributed by atoms with Gasteiger partial charge in [0.1, 0.15) is 10.8 Å². The smallest absolute Gasteiger partial charge is 0.139 e. The Labute approximate surface area is 261 Å². The van der Waals surface area contributed by atoms with Crippen LogP contribution in [-0.4, -0.2) is 86.6 Å². The third kappa shape index (κ3) is 9.04. The molecule has 0 radical (unpaired) electrons. The van der Waals surface area contributed by atoms with Crippen LogP contribution in [0.3, 0.4) is 0 Å². The first-order valence-corrected chi connectivity index (χ1v) is 16.8. The van der Waals surface area contributed by atoms with E-state index in [4.69, 9.17) is 21.3 Å². The molecular formula is C34H46ClN5OS. The Morgan fingerprint density at radius 2 is 1.64 bits per heavy atom. The number of nitrogens with one attached hydrogen (secondary N) is 1. The molecule has 0 atom stereocenters. The van der Waals surface area contributed by atoms with Crippen LogP contribution < -0.4 is 5.32 Å². The molecule has 42 heavy (non-hydrogen) atoms. The van der Waals surface area contributed by atoms with Crippen LogP contribution >= 0.6 is 22.9 Å². The number of benzene rings is 2. The highest BCUT2D eigenvalue weighted by molar-refractivity contribution is 7.16. The Morgan fingerprint density at radius 3 is 2.43 bits per heavy atom. The summed E-state index contributed by atoms with van der Waals surface area (Å²) in [6.45, 7) is 12.0. The fourth-order valence-corrected chi connectivity index (χ4v) is 6.76. The third-order valence-corrected chi connectivity index (χ3v) is 9.37. The second-order valence-electron chi connectivity index (χ2n) is 11.6. The Balaban J connectivity index is 0.000000169. The van der Waals surface area contributed by atoms with Crippen molar-refractivity contribution in [1.29, 1.82) is 0 Å². The minimum absolute atomic E-state index is 0.808. The monoisotopic (exact) mass is 607 g/mol. The normalized spacial score (nSPS) is 17.3. The average Bonchev–Trinajstić information content (AvgIpc) is 3.30. The number of piperazine rings is 1. The minimum atomic E-state index is 0.808. The number of hydrogen-bond donors (Lipinski definition) is 1. The summed E-state index contributed by atoms with van der Waals surface area (Å²) in [5.41, 5.74) is 4.70. The zero-order valence-corrected chi connectivity index (χ0v) is 26.9. The summed E-state index contributed by atoms with van der Waals surface area (Å²) < 4.78 is 5.72. The highest BCUT2D eigenvalue weighted by Crippen LogP contribution is 2.39. The van der Waals surface area contributed by atoms with Gasteiger partial charge in [-0.3, -0.25) is 0 Å². The number of likely N-dealkylation sites (N-methyl/N-ethyl adjacent to an activating group) is 1. The third-order valence-electron chi connectivity index (χ3n) is 8.16. The lowest BCUT2D eigenvalue weighted by atomic mass is 10.1. The van der Waals surface area contributed by atoms with E-state index in [-0.39, 0.29) is 0 Å². The number of anilines is 2. The topological polar surface area (TPSA) is 43.3 Å². The maximum absolute atomic E-state index is 5.87. The Morgan fingerprint density at radius 1 is 0.905 bits per heavy atom. The first kappa shape index (κ1) is 31.0. The lowest BCUT2D eigenvalue weighted by molar-refractivity contribution is 0.115. The van der Waals surface area contributed by atoms with Crippen LogP contribution in [-0.2, 0) is 11.2 Å². The van der Waals surface area contributed by atoms with Crippen molar-refractivity contribution in [3.05, 3.63) is 75.6 Å². The van der Waals surface area contributed by atoms with Crippen molar-refractivity contribution in [1.82, 2.24) is 14.7 Å². The summed E-state index contributed by atoms with van der Waals surface area (Å²) in [5.74, 6) is 1.12. The van der Waals surface area contributed by atoms with Crippen molar-refractivity contribution in [3.8, 4) is 0 Å². The number of thiophene rings is 1. The number of piperidine rings is 1. The van der Waals surface area contributed by atoms with E-state index in [1.54, 1.807) is 11.3 Å². The molecule has 0 amide bonds. The minimum Gasteiger partial charge on any atom is -0.381 e. The summed E-state index contributed by atoms with van der Waals surface area (Å²) in [6.07, 6.45) is 7.50. The molecule has 1 N–H and O–H groups in total. The predicted octanol–water partition coefficient (Wildman–Crippen LogP) is 7.60. The van der Waals surface area contributed by atoms with E-state index in [1.807, 2.05) is 12.1 Å². The number of amidine groups is 1. The largest absolute Gasteiger partial charge is 0.381 e. The zero-order chi connectivity index (χ0) is 29.1. The van der Waals surface area contributed by atoms with Crippen molar-refractivity contribution >= 4 is 45.1 Å². The fourth-order valence-electron chi connectivity index (χ4n) is 5.71. The van der Waals surface area contributed by atoms with Gasteiger partial charge in [-0.25, -0.2) is 4.99 Å². The molecule has 2 aromatic carbocycles. The van der Waals surface area contributed by atoms with Gasteiger partial charge in [0.2, 0.25) is 0 Å². The molecule has 0 unspecified atom stereocenters. The molecule has 4 heterocycles. The van der Waals surface area contributed by atoms with E-state index >= 15 is 0 Å². The van der Waals surface area contributed by atoms with E-state index in [9.17, 15) is 0 Å². The number of para-hydroxylation sites is 2. The summed E-state index contributed by atoms with van der Waals surface area (Å²) in [6, 6.07) is 18.7. The molecule has 0 saturated carbocycles. The van der Waals surface area contributed by atoms with Crippen LogP contribution in [0.1, 0.15) is 48.1 Å². The molecule has 1 aromatic heterocycles. The van der Waals surface area contributed by atoms with Crippen molar-refractivity contribution in [2.75, 3.05) is 71.4 Å². The molecule has 0 bridgehead atoms. The van der Waals surface area contributed by atoms with Crippen LogP contribution in [0.4, 0.5) is 16.4 Å². The summed E-state index contributed by atoms with van der Waals surface area (Å²) in [7, 11) is 2.18. The maximum atomic E-state index is 5.87. The number of nitrogens with zero attached hydrogens (tertiary/aromatic N) is 4. The SMILES string of the molecule is Cc1cc2c(s1)Nc1ccccc1N=C2N1CCN(C)CC1.Clc1ccc(CCCOCCCN2CCCCC2)cc1. The summed E-state index contributed by atoms with van der Waals surface area (Å²) in [5, 5.41) is 5.59. The van der Waals surface area contributed by atoms with Crippen molar-refractivity contribution in [2.24, 2.45) is 4.99 Å². The van der Waals surface area contributed by atoms with Crippen molar-refractivity contribution in [2.45, 2.75) is 45.4 Å². The number of rotatable bonds is 8. The summed E-state index contributed by atoms with van der Waals surface area (Å²) in [4.78, 5) is 13.7. The quantitative estimate of drug-likeness (QED) is 0.267.